The van der Waals surface area contributed by atoms with E-state index in [2.05, 4.69) is 39.5 Å². The SMILES string of the molecule is C=CCN(CC=C)C(=O)c1cc(C(=O)N(CC=C)CC=C)cc(C(=O)N(CC=C)CC=C)c1. The third kappa shape index (κ3) is 7.61. The second-order valence-corrected chi connectivity index (χ2v) is 7.16. The van der Waals surface area contributed by atoms with Crippen LogP contribution < -0.4 is 0 Å². The summed E-state index contributed by atoms with van der Waals surface area (Å²) >= 11 is 0. The van der Waals surface area contributed by atoms with Gasteiger partial charge in [0.25, 0.3) is 17.7 Å². The average Bonchev–Trinajstić information content (AvgIpc) is 2.82. The number of carbonyl (C=O) groups is 3. The van der Waals surface area contributed by atoms with Gasteiger partial charge in [0.15, 0.2) is 0 Å². The first-order valence-electron chi connectivity index (χ1n) is 10.6. The van der Waals surface area contributed by atoms with E-state index in [1.807, 2.05) is 0 Å². The number of carbonyl (C=O) groups excluding carboxylic acids is 3. The van der Waals surface area contributed by atoms with Crippen LogP contribution in [0.1, 0.15) is 31.1 Å². The predicted octanol–water partition coefficient (Wildman–Crippen LogP) is 4.13. The van der Waals surface area contributed by atoms with Crippen molar-refractivity contribution < 1.29 is 14.4 Å². The highest BCUT2D eigenvalue weighted by molar-refractivity contribution is 6.04. The van der Waals surface area contributed by atoms with Gasteiger partial charge in [-0.2, -0.15) is 0 Å². The van der Waals surface area contributed by atoms with E-state index >= 15 is 0 Å². The van der Waals surface area contributed by atoms with Crippen molar-refractivity contribution in [2.75, 3.05) is 39.3 Å². The zero-order valence-electron chi connectivity index (χ0n) is 19.2. The second kappa shape index (κ2) is 14.2. The Labute approximate surface area is 197 Å². The van der Waals surface area contributed by atoms with Crippen molar-refractivity contribution >= 4 is 17.7 Å². The lowest BCUT2D eigenvalue weighted by Crippen LogP contribution is -2.35. The first-order chi connectivity index (χ1) is 15.9. The number of nitrogens with zero attached hydrogens (tertiary/aromatic N) is 3. The van der Waals surface area contributed by atoms with Crippen LogP contribution in [0, 0.1) is 0 Å². The third-order valence-electron chi connectivity index (χ3n) is 4.63. The van der Waals surface area contributed by atoms with E-state index in [0.29, 0.717) is 39.3 Å². The van der Waals surface area contributed by atoms with Gasteiger partial charge in [-0.3, -0.25) is 14.4 Å². The standard InChI is InChI=1S/C27H33N3O3/c1-7-13-28(14-8-2)25(31)22-19-23(26(32)29(15-9-3)16-10-4)21-24(20-22)27(33)30(17-11-5)18-12-6/h7-12,19-21H,1-6,13-18H2. The zero-order chi connectivity index (χ0) is 24.8. The van der Waals surface area contributed by atoms with Crippen molar-refractivity contribution in [3.8, 4) is 0 Å². The minimum atomic E-state index is -0.337. The molecule has 0 saturated heterocycles. The molecule has 0 atom stereocenters. The normalized spacial score (nSPS) is 9.82. The average molecular weight is 448 g/mol. The topological polar surface area (TPSA) is 60.9 Å². The van der Waals surface area contributed by atoms with Crippen LogP contribution >= 0.6 is 0 Å². The molecule has 0 spiro atoms. The Bertz CT molecular complexity index is 771. The summed E-state index contributed by atoms with van der Waals surface area (Å²) in [6.45, 7) is 23.9. The molecule has 0 heterocycles. The van der Waals surface area contributed by atoms with Gasteiger partial charge in [0.1, 0.15) is 0 Å². The maximum absolute atomic E-state index is 13.2. The minimum Gasteiger partial charge on any atom is -0.331 e. The molecule has 1 rings (SSSR count). The van der Waals surface area contributed by atoms with Crippen LogP contribution in [0.3, 0.4) is 0 Å². The summed E-state index contributed by atoms with van der Waals surface area (Å²) in [5.74, 6) is -1.01. The van der Waals surface area contributed by atoms with Gasteiger partial charge < -0.3 is 14.7 Å². The lowest BCUT2D eigenvalue weighted by atomic mass is 10.0. The Morgan fingerprint density at radius 3 is 0.818 bits per heavy atom. The summed E-state index contributed by atoms with van der Waals surface area (Å²) in [5, 5.41) is 0. The first-order valence-corrected chi connectivity index (χ1v) is 10.6. The summed E-state index contributed by atoms with van der Waals surface area (Å²) in [7, 11) is 0. The molecule has 174 valence electrons. The molecule has 0 aromatic heterocycles. The molecule has 0 aliphatic rings. The van der Waals surface area contributed by atoms with Gasteiger partial charge in [-0.15, -0.1) is 39.5 Å². The fourth-order valence-corrected chi connectivity index (χ4v) is 3.20. The van der Waals surface area contributed by atoms with Crippen LogP contribution in [0.4, 0.5) is 0 Å². The molecule has 6 heteroatoms. The Balaban J connectivity index is 3.62. The number of benzene rings is 1. The molecule has 33 heavy (non-hydrogen) atoms. The molecule has 6 nitrogen and oxygen atoms in total. The van der Waals surface area contributed by atoms with Crippen molar-refractivity contribution in [1.82, 2.24) is 14.7 Å². The van der Waals surface area contributed by atoms with Crippen molar-refractivity contribution in [2.24, 2.45) is 0 Å². The van der Waals surface area contributed by atoms with Crippen molar-refractivity contribution in [1.29, 1.82) is 0 Å². The van der Waals surface area contributed by atoms with E-state index in [9.17, 15) is 14.4 Å². The number of hydrogen-bond donors (Lipinski definition) is 0. The lowest BCUT2D eigenvalue weighted by Gasteiger charge is -2.24. The van der Waals surface area contributed by atoms with E-state index in [0.717, 1.165) is 0 Å². The Morgan fingerprint density at radius 2 is 0.667 bits per heavy atom. The summed E-state index contributed by atoms with van der Waals surface area (Å²) in [6.07, 6.45) is 9.63. The van der Waals surface area contributed by atoms with Crippen LogP contribution in [-0.4, -0.2) is 71.7 Å². The molecule has 0 aliphatic heterocycles. The molecular formula is C27H33N3O3. The van der Waals surface area contributed by atoms with Gasteiger partial charge in [-0.1, -0.05) is 36.5 Å². The molecule has 3 amide bonds. The Kier molecular flexibility index (Phi) is 11.7. The highest BCUT2D eigenvalue weighted by Crippen LogP contribution is 2.17. The molecular weight excluding hydrogens is 414 g/mol. The van der Waals surface area contributed by atoms with Gasteiger partial charge in [0, 0.05) is 56.0 Å². The van der Waals surface area contributed by atoms with Gasteiger partial charge in [0.05, 0.1) is 0 Å². The quantitative estimate of drug-likeness (QED) is 0.380. The Morgan fingerprint density at radius 1 is 0.485 bits per heavy atom. The molecule has 0 bridgehead atoms. The smallest absolute Gasteiger partial charge is 0.254 e. The van der Waals surface area contributed by atoms with E-state index < -0.39 is 0 Å². The molecule has 0 saturated carbocycles. The highest BCUT2D eigenvalue weighted by atomic mass is 16.2. The number of hydrogen-bond acceptors (Lipinski definition) is 3. The summed E-state index contributed by atoms with van der Waals surface area (Å²) in [6, 6.07) is 4.52. The minimum absolute atomic E-state index is 0.224. The number of amides is 3. The molecule has 0 radical (unpaired) electrons. The Hall–Kier alpha value is -3.93. The van der Waals surface area contributed by atoms with E-state index in [4.69, 9.17) is 0 Å². The summed E-state index contributed by atoms with van der Waals surface area (Å²) in [4.78, 5) is 44.3. The largest absolute Gasteiger partial charge is 0.331 e. The third-order valence-corrected chi connectivity index (χ3v) is 4.63. The van der Waals surface area contributed by atoms with Gasteiger partial charge in [-0.05, 0) is 18.2 Å². The van der Waals surface area contributed by atoms with Crippen LogP contribution in [0.5, 0.6) is 0 Å². The monoisotopic (exact) mass is 447 g/mol. The van der Waals surface area contributed by atoms with Crippen LogP contribution in [0.2, 0.25) is 0 Å². The molecule has 0 unspecified atom stereocenters. The number of rotatable bonds is 15. The second-order valence-electron chi connectivity index (χ2n) is 7.16. The van der Waals surface area contributed by atoms with Gasteiger partial charge >= 0.3 is 0 Å². The van der Waals surface area contributed by atoms with Gasteiger partial charge in [-0.25, -0.2) is 0 Å². The maximum atomic E-state index is 13.2. The summed E-state index contributed by atoms with van der Waals surface area (Å²) in [5.41, 5.74) is 0.673. The zero-order valence-corrected chi connectivity index (χ0v) is 19.2. The van der Waals surface area contributed by atoms with E-state index in [-0.39, 0.29) is 34.4 Å². The molecule has 1 aromatic rings. The molecule has 0 N–H and O–H groups in total. The first kappa shape index (κ1) is 27.1. The summed E-state index contributed by atoms with van der Waals surface area (Å²) < 4.78 is 0. The van der Waals surface area contributed by atoms with Crippen molar-refractivity contribution in [3.05, 3.63) is 111 Å². The molecule has 1 aromatic carbocycles. The molecule has 0 fully saturated rings. The fourth-order valence-electron chi connectivity index (χ4n) is 3.20. The van der Waals surface area contributed by atoms with Crippen LogP contribution in [0.25, 0.3) is 0 Å². The maximum Gasteiger partial charge on any atom is 0.254 e. The van der Waals surface area contributed by atoms with Crippen LogP contribution in [0.15, 0.2) is 94.1 Å². The van der Waals surface area contributed by atoms with Crippen LogP contribution in [-0.2, 0) is 0 Å². The highest BCUT2D eigenvalue weighted by Gasteiger charge is 2.23. The van der Waals surface area contributed by atoms with Crippen molar-refractivity contribution in [3.63, 3.8) is 0 Å². The van der Waals surface area contributed by atoms with Crippen molar-refractivity contribution in [2.45, 2.75) is 0 Å². The lowest BCUT2D eigenvalue weighted by molar-refractivity contribution is 0.0788. The van der Waals surface area contributed by atoms with Gasteiger partial charge in [0.2, 0.25) is 0 Å². The molecule has 0 aliphatic carbocycles. The van der Waals surface area contributed by atoms with E-state index in [1.165, 1.54) is 32.9 Å². The fraction of sp³-hybridized carbons (Fsp3) is 0.222. The predicted molar refractivity (Wildman–Crippen MR) is 135 cm³/mol. The van der Waals surface area contributed by atoms with E-state index in [1.54, 1.807) is 36.5 Å².